The van der Waals surface area contributed by atoms with Gasteiger partial charge in [-0.15, -0.1) is 0 Å². The third kappa shape index (κ3) is 7.13. The van der Waals surface area contributed by atoms with E-state index in [0.29, 0.717) is 17.2 Å². The molecule has 0 aliphatic carbocycles. The molecule has 0 aliphatic rings. The Labute approximate surface area is 190 Å². The lowest BCUT2D eigenvalue weighted by molar-refractivity contribution is 0.164. The summed E-state index contributed by atoms with van der Waals surface area (Å²) in [4.78, 5) is 25.0. The van der Waals surface area contributed by atoms with Gasteiger partial charge in [-0.3, -0.25) is 5.32 Å². The number of aromatic nitrogens is 1. The Morgan fingerprint density at radius 1 is 1.27 bits per heavy atom. The molecule has 2 aromatic rings. The molecule has 0 fully saturated rings. The summed E-state index contributed by atoms with van der Waals surface area (Å²) in [5.74, 6) is 0.547. The van der Waals surface area contributed by atoms with Gasteiger partial charge in [-0.25, -0.2) is 19.8 Å². The summed E-state index contributed by atoms with van der Waals surface area (Å²) in [5.41, 5.74) is 4.25. The Morgan fingerprint density at radius 3 is 2.53 bits per heavy atom. The number of allylic oxidation sites excluding steroid dienone is 1. The van der Waals surface area contributed by atoms with Crippen LogP contribution in [0.1, 0.15) is 25.1 Å². The molecule has 0 bridgehead atoms. The molecule has 0 atom stereocenters. The van der Waals surface area contributed by atoms with Crippen molar-refractivity contribution < 1.29 is 9.53 Å². The van der Waals surface area contributed by atoms with Crippen LogP contribution >= 0.6 is 34.8 Å². The number of aryl methyl sites for hydroxylation is 1. The molecule has 1 heterocycles. The van der Waals surface area contributed by atoms with E-state index in [9.17, 15) is 4.79 Å². The van der Waals surface area contributed by atoms with Crippen LogP contribution in [0.15, 0.2) is 52.6 Å². The van der Waals surface area contributed by atoms with Crippen LogP contribution in [0.5, 0.6) is 0 Å². The number of ether oxygens (including phenoxy) is 1. The SMILES string of the molecule is C=N/C(C)=N\C=C(/C)c1nc(-c2ccccc2)c(NC(=O)OCC(Cl)(Cl)Cl)cc1C. The molecule has 0 radical (unpaired) electrons. The average molecular weight is 468 g/mol. The molecule has 158 valence electrons. The number of halogens is 3. The Balaban J connectivity index is 2.46. The van der Waals surface area contributed by atoms with Crippen molar-refractivity contribution in [1.29, 1.82) is 0 Å². The monoisotopic (exact) mass is 466 g/mol. The first kappa shape index (κ1) is 23.9. The standard InChI is InChI=1S/C21H21Cl3N4O2/c1-13-10-17(27-20(29)30-12-21(22,23)24)19(16-8-6-5-7-9-16)28-18(13)14(2)11-26-15(3)25-4/h5-11H,4,12H2,1-3H3,(H,27,29)/b14-11+,26-15-. The van der Waals surface area contributed by atoms with Crippen LogP contribution in [0.25, 0.3) is 16.8 Å². The number of carbonyl (C=O) groups is 1. The molecule has 0 saturated carbocycles. The minimum atomic E-state index is -1.70. The van der Waals surface area contributed by atoms with Gasteiger partial charge in [0.2, 0.25) is 3.79 Å². The van der Waals surface area contributed by atoms with Crippen molar-refractivity contribution in [3.05, 3.63) is 53.9 Å². The minimum absolute atomic E-state index is 0.384. The van der Waals surface area contributed by atoms with Gasteiger partial charge >= 0.3 is 6.09 Å². The summed E-state index contributed by atoms with van der Waals surface area (Å²) in [6, 6.07) is 11.2. The lowest BCUT2D eigenvalue weighted by atomic mass is 10.0. The smallest absolute Gasteiger partial charge is 0.411 e. The molecule has 6 nitrogen and oxygen atoms in total. The quantitative estimate of drug-likeness (QED) is 0.311. The molecule has 1 aromatic heterocycles. The fraction of sp³-hybridized carbons (Fsp3) is 0.238. The number of amides is 1. The van der Waals surface area contributed by atoms with E-state index in [-0.39, 0.29) is 6.61 Å². The molecule has 2 rings (SSSR count). The van der Waals surface area contributed by atoms with E-state index < -0.39 is 9.89 Å². The van der Waals surface area contributed by atoms with Crippen molar-refractivity contribution in [1.82, 2.24) is 4.98 Å². The number of anilines is 1. The first-order chi connectivity index (χ1) is 14.1. The van der Waals surface area contributed by atoms with Crippen LogP contribution in [-0.4, -0.2) is 34.0 Å². The number of pyridine rings is 1. The van der Waals surface area contributed by atoms with Gasteiger partial charge in [0.05, 0.1) is 17.1 Å². The van der Waals surface area contributed by atoms with Crippen molar-refractivity contribution in [2.75, 3.05) is 11.9 Å². The molecule has 1 N–H and O–H groups in total. The van der Waals surface area contributed by atoms with Crippen LogP contribution in [0, 0.1) is 6.92 Å². The molecule has 1 aromatic carbocycles. The highest BCUT2D eigenvalue weighted by Gasteiger charge is 2.23. The topological polar surface area (TPSA) is 75.9 Å². The van der Waals surface area contributed by atoms with Crippen LogP contribution in [0.2, 0.25) is 0 Å². The van der Waals surface area contributed by atoms with Gasteiger partial charge in [-0.05, 0) is 44.7 Å². The predicted octanol–water partition coefficient (Wildman–Crippen LogP) is 6.46. The van der Waals surface area contributed by atoms with Gasteiger partial charge in [-0.1, -0.05) is 65.1 Å². The number of carbonyl (C=O) groups excluding carboxylic acids is 1. The van der Waals surface area contributed by atoms with Gasteiger partial charge in [0.25, 0.3) is 0 Å². The zero-order valence-electron chi connectivity index (χ0n) is 16.7. The molecule has 9 heteroatoms. The third-order valence-electron chi connectivity index (χ3n) is 3.91. The van der Waals surface area contributed by atoms with E-state index in [0.717, 1.165) is 22.4 Å². The van der Waals surface area contributed by atoms with E-state index in [4.69, 9.17) is 44.5 Å². The molecule has 0 spiro atoms. The van der Waals surface area contributed by atoms with Crippen LogP contribution < -0.4 is 5.32 Å². The molecule has 0 saturated heterocycles. The fourth-order valence-corrected chi connectivity index (χ4v) is 2.67. The number of rotatable bonds is 5. The van der Waals surface area contributed by atoms with Gasteiger partial charge < -0.3 is 4.74 Å². The molecule has 1 amide bonds. The molecule has 30 heavy (non-hydrogen) atoms. The summed E-state index contributed by atoms with van der Waals surface area (Å²) < 4.78 is 3.28. The zero-order valence-corrected chi connectivity index (χ0v) is 19.0. The summed E-state index contributed by atoms with van der Waals surface area (Å²) in [7, 11) is 0. The van der Waals surface area contributed by atoms with Crippen LogP contribution in [0.4, 0.5) is 10.5 Å². The Morgan fingerprint density at radius 2 is 1.93 bits per heavy atom. The highest BCUT2D eigenvalue weighted by Crippen LogP contribution is 2.31. The lowest BCUT2D eigenvalue weighted by Crippen LogP contribution is -2.21. The molecule has 0 unspecified atom stereocenters. The Kier molecular flexibility index (Phi) is 8.41. The average Bonchev–Trinajstić information content (AvgIpc) is 2.70. The second-order valence-electron chi connectivity index (χ2n) is 6.38. The van der Waals surface area contributed by atoms with Crippen molar-refractivity contribution in [3.8, 4) is 11.3 Å². The van der Waals surface area contributed by atoms with Gasteiger partial charge in [0.15, 0.2) is 0 Å². The number of nitrogens with zero attached hydrogens (tertiary/aromatic N) is 3. The van der Waals surface area contributed by atoms with Crippen LogP contribution in [0.3, 0.4) is 0 Å². The van der Waals surface area contributed by atoms with Crippen LogP contribution in [-0.2, 0) is 4.74 Å². The minimum Gasteiger partial charge on any atom is -0.445 e. The molecular weight excluding hydrogens is 447 g/mol. The maximum absolute atomic E-state index is 12.2. The lowest BCUT2D eigenvalue weighted by Gasteiger charge is -2.16. The third-order valence-corrected chi connectivity index (χ3v) is 4.24. The number of hydrogen-bond acceptors (Lipinski definition) is 4. The van der Waals surface area contributed by atoms with E-state index in [2.05, 4.69) is 22.0 Å². The van der Waals surface area contributed by atoms with Crippen molar-refractivity contribution in [3.63, 3.8) is 0 Å². The summed E-state index contributed by atoms with van der Waals surface area (Å²) >= 11 is 16.9. The highest BCUT2D eigenvalue weighted by atomic mass is 35.6. The zero-order chi connectivity index (χ0) is 22.3. The first-order valence-electron chi connectivity index (χ1n) is 8.86. The molecule has 0 aliphatic heterocycles. The maximum Gasteiger partial charge on any atom is 0.411 e. The highest BCUT2D eigenvalue weighted by molar-refractivity contribution is 6.67. The van der Waals surface area contributed by atoms with E-state index >= 15 is 0 Å². The van der Waals surface area contributed by atoms with E-state index in [1.807, 2.05) is 44.2 Å². The van der Waals surface area contributed by atoms with Gasteiger partial charge in [0, 0.05) is 11.8 Å². The number of amidine groups is 1. The maximum atomic E-state index is 12.2. The number of alkyl halides is 3. The van der Waals surface area contributed by atoms with E-state index in [1.165, 1.54) is 0 Å². The summed E-state index contributed by atoms with van der Waals surface area (Å²) in [6.45, 7) is 8.60. The summed E-state index contributed by atoms with van der Waals surface area (Å²) in [5, 5.41) is 2.68. The van der Waals surface area contributed by atoms with Crippen molar-refractivity contribution in [2.45, 2.75) is 24.6 Å². The Bertz CT molecular complexity index is 984. The number of nitrogens with one attached hydrogen (secondary N) is 1. The number of benzene rings is 1. The first-order valence-corrected chi connectivity index (χ1v) is 10.00. The van der Waals surface area contributed by atoms with Crippen molar-refractivity contribution >= 4 is 64.7 Å². The number of hydrogen-bond donors (Lipinski definition) is 1. The fourth-order valence-electron chi connectivity index (χ4n) is 2.51. The predicted molar refractivity (Wildman–Crippen MR) is 126 cm³/mol. The van der Waals surface area contributed by atoms with Gasteiger partial charge in [-0.2, -0.15) is 0 Å². The summed E-state index contributed by atoms with van der Waals surface area (Å²) in [6.07, 6.45) is 0.924. The largest absolute Gasteiger partial charge is 0.445 e. The van der Waals surface area contributed by atoms with E-state index in [1.54, 1.807) is 19.2 Å². The molecular formula is C21H21Cl3N4O2. The van der Waals surface area contributed by atoms with Crippen molar-refractivity contribution in [2.24, 2.45) is 9.98 Å². The second kappa shape index (κ2) is 10.6. The number of aliphatic imine (C=N–C) groups is 2. The van der Waals surface area contributed by atoms with Gasteiger partial charge in [0.1, 0.15) is 12.4 Å². The Hall–Kier alpha value is -2.41. The normalized spacial score (nSPS) is 12.5. The second-order valence-corrected chi connectivity index (χ2v) is 8.89.